The van der Waals surface area contributed by atoms with E-state index in [0.29, 0.717) is 12.5 Å². The molecule has 1 aromatic heterocycles. The molecule has 2 N–H and O–H groups in total. The molecule has 0 fully saturated rings. The lowest BCUT2D eigenvalue weighted by atomic mass is 10.2. The highest BCUT2D eigenvalue weighted by Crippen LogP contribution is 1.94. The molecule has 18 heavy (non-hydrogen) atoms. The summed E-state index contributed by atoms with van der Waals surface area (Å²) in [5.41, 5.74) is 0. The molecule has 0 spiro atoms. The van der Waals surface area contributed by atoms with Crippen LogP contribution in [0, 0.1) is 5.92 Å². The molecule has 0 saturated carbocycles. The lowest BCUT2D eigenvalue weighted by molar-refractivity contribution is 0.609. The fourth-order valence-corrected chi connectivity index (χ4v) is 1.36. The summed E-state index contributed by atoms with van der Waals surface area (Å²) < 4.78 is 2.00. The molecule has 0 amide bonds. The van der Waals surface area contributed by atoms with Crippen LogP contribution in [0.3, 0.4) is 0 Å². The number of nitrogens with one attached hydrogen (secondary N) is 2. The molecule has 0 saturated heterocycles. The average molecular weight is 366 g/mol. The number of guanidine groups is 1. The van der Waals surface area contributed by atoms with Gasteiger partial charge in [0.15, 0.2) is 11.8 Å². The molecule has 0 radical (unpaired) electrons. The van der Waals surface area contributed by atoms with Crippen LogP contribution < -0.4 is 10.6 Å². The number of aromatic nitrogens is 3. The Bertz CT molecular complexity index is 360. The van der Waals surface area contributed by atoms with Crippen LogP contribution in [0.15, 0.2) is 11.3 Å². The number of hydrogen-bond donors (Lipinski definition) is 2. The monoisotopic (exact) mass is 366 g/mol. The fraction of sp³-hybridized carbons (Fsp3) is 0.727. The molecule has 7 heteroatoms. The van der Waals surface area contributed by atoms with Gasteiger partial charge in [-0.3, -0.25) is 4.99 Å². The summed E-state index contributed by atoms with van der Waals surface area (Å²) in [7, 11) is 1.76. The van der Waals surface area contributed by atoms with Gasteiger partial charge in [0.2, 0.25) is 0 Å². The quantitative estimate of drug-likeness (QED) is 0.468. The summed E-state index contributed by atoms with van der Waals surface area (Å²) in [6.45, 7) is 8.80. The zero-order chi connectivity index (χ0) is 12.7. The van der Waals surface area contributed by atoms with Crippen molar-refractivity contribution < 1.29 is 0 Å². The van der Waals surface area contributed by atoms with Crippen LogP contribution in [0.25, 0.3) is 0 Å². The molecular weight excluding hydrogens is 343 g/mol. The third-order valence-corrected chi connectivity index (χ3v) is 2.35. The molecule has 0 unspecified atom stereocenters. The summed E-state index contributed by atoms with van der Waals surface area (Å²) in [5.74, 6) is 2.30. The number of nitrogens with zero attached hydrogens (tertiary/aromatic N) is 4. The lowest BCUT2D eigenvalue weighted by Gasteiger charge is -2.13. The average Bonchev–Trinajstić information content (AvgIpc) is 2.76. The van der Waals surface area contributed by atoms with Crippen LogP contribution in [-0.2, 0) is 13.1 Å². The summed E-state index contributed by atoms with van der Waals surface area (Å²) in [6, 6.07) is 0. The van der Waals surface area contributed by atoms with E-state index in [1.807, 2.05) is 4.57 Å². The molecule has 0 atom stereocenters. The first kappa shape index (κ1) is 17.1. The molecule has 6 nitrogen and oxygen atoms in total. The number of rotatable bonds is 5. The van der Waals surface area contributed by atoms with Gasteiger partial charge in [-0.25, -0.2) is 0 Å². The Labute approximate surface area is 126 Å². The summed E-state index contributed by atoms with van der Waals surface area (Å²) in [4.78, 5) is 4.15. The lowest BCUT2D eigenvalue weighted by Crippen LogP contribution is -2.39. The highest BCUT2D eigenvalue weighted by Gasteiger charge is 2.04. The fourth-order valence-electron chi connectivity index (χ4n) is 1.36. The SMILES string of the molecule is CCn1cnnc1CNC(=NC)NCC(C)C.I. The van der Waals surface area contributed by atoms with Gasteiger partial charge in [0.25, 0.3) is 0 Å². The van der Waals surface area contributed by atoms with E-state index < -0.39 is 0 Å². The van der Waals surface area contributed by atoms with Gasteiger partial charge in [-0.2, -0.15) is 0 Å². The normalized spacial score (nSPS) is 11.3. The highest BCUT2D eigenvalue weighted by atomic mass is 127. The van der Waals surface area contributed by atoms with Crippen LogP contribution in [0.1, 0.15) is 26.6 Å². The van der Waals surface area contributed by atoms with Gasteiger partial charge in [0.1, 0.15) is 6.33 Å². The topological polar surface area (TPSA) is 67.1 Å². The maximum Gasteiger partial charge on any atom is 0.191 e. The van der Waals surface area contributed by atoms with Gasteiger partial charge < -0.3 is 15.2 Å². The van der Waals surface area contributed by atoms with Crippen LogP contribution in [0.4, 0.5) is 0 Å². The molecule has 0 aliphatic heterocycles. The van der Waals surface area contributed by atoms with Gasteiger partial charge in [0, 0.05) is 20.1 Å². The Morgan fingerprint density at radius 3 is 2.72 bits per heavy atom. The first-order valence-corrected chi connectivity index (χ1v) is 5.98. The number of aryl methyl sites for hydroxylation is 1. The van der Waals surface area contributed by atoms with E-state index in [9.17, 15) is 0 Å². The van der Waals surface area contributed by atoms with Crippen LogP contribution >= 0.6 is 24.0 Å². The van der Waals surface area contributed by atoms with E-state index in [-0.39, 0.29) is 24.0 Å². The number of halogens is 1. The zero-order valence-corrected chi connectivity index (χ0v) is 13.8. The Kier molecular flexibility index (Phi) is 8.69. The molecule has 0 bridgehead atoms. The second-order valence-electron chi connectivity index (χ2n) is 4.23. The van der Waals surface area contributed by atoms with Crippen LogP contribution in [0.2, 0.25) is 0 Å². The van der Waals surface area contributed by atoms with Crippen molar-refractivity contribution in [3.05, 3.63) is 12.2 Å². The molecule has 1 rings (SSSR count). The van der Waals surface area contributed by atoms with Crippen molar-refractivity contribution in [3.8, 4) is 0 Å². The standard InChI is InChI=1S/C11H22N6.HI/c1-5-17-8-15-16-10(17)7-14-11(12-4)13-6-9(2)3;/h8-9H,5-7H2,1-4H3,(H2,12,13,14);1H. The molecule has 1 heterocycles. The second-order valence-corrected chi connectivity index (χ2v) is 4.23. The number of aliphatic imine (C=N–C) groups is 1. The van der Waals surface area contributed by atoms with Crippen LogP contribution in [0.5, 0.6) is 0 Å². The molecule has 0 aliphatic rings. The maximum atomic E-state index is 4.15. The van der Waals surface area contributed by atoms with E-state index in [1.165, 1.54) is 0 Å². The first-order chi connectivity index (χ1) is 8.17. The van der Waals surface area contributed by atoms with E-state index in [2.05, 4.69) is 46.6 Å². The van der Waals surface area contributed by atoms with Crippen molar-refractivity contribution in [2.75, 3.05) is 13.6 Å². The second kappa shape index (κ2) is 9.12. The summed E-state index contributed by atoms with van der Waals surface area (Å²) in [5, 5.41) is 14.4. The van der Waals surface area contributed by atoms with Crippen LogP contribution in [-0.4, -0.2) is 34.3 Å². The van der Waals surface area contributed by atoms with Crippen molar-refractivity contribution in [3.63, 3.8) is 0 Å². The van der Waals surface area contributed by atoms with Crippen molar-refractivity contribution >= 4 is 29.9 Å². The molecular formula is C11H23IN6. The summed E-state index contributed by atoms with van der Waals surface area (Å²) in [6.07, 6.45) is 1.74. The third kappa shape index (κ3) is 5.65. The third-order valence-electron chi connectivity index (χ3n) is 2.35. The van der Waals surface area contributed by atoms with Crippen molar-refractivity contribution in [1.29, 1.82) is 0 Å². The molecule has 0 aromatic carbocycles. The van der Waals surface area contributed by atoms with Gasteiger partial charge >= 0.3 is 0 Å². The minimum Gasteiger partial charge on any atom is -0.356 e. The highest BCUT2D eigenvalue weighted by molar-refractivity contribution is 14.0. The smallest absolute Gasteiger partial charge is 0.191 e. The van der Waals surface area contributed by atoms with E-state index in [0.717, 1.165) is 24.9 Å². The Hall–Kier alpha value is -0.860. The van der Waals surface area contributed by atoms with Gasteiger partial charge in [0.05, 0.1) is 6.54 Å². The Morgan fingerprint density at radius 1 is 1.44 bits per heavy atom. The molecule has 0 aliphatic carbocycles. The predicted molar refractivity (Wildman–Crippen MR) is 84.2 cm³/mol. The predicted octanol–water partition coefficient (Wildman–Crippen LogP) is 1.24. The molecule has 1 aromatic rings. The van der Waals surface area contributed by atoms with Gasteiger partial charge in [-0.05, 0) is 12.8 Å². The molecule has 104 valence electrons. The minimum atomic E-state index is 0. The van der Waals surface area contributed by atoms with E-state index >= 15 is 0 Å². The minimum absolute atomic E-state index is 0. The zero-order valence-electron chi connectivity index (χ0n) is 11.5. The Balaban J connectivity index is 0.00000289. The Morgan fingerprint density at radius 2 is 2.17 bits per heavy atom. The van der Waals surface area contributed by atoms with E-state index in [4.69, 9.17) is 0 Å². The van der Waals surface area contributed by atoms with Crippen molar-refractivity contribution in [2.24, 2.45) is 10.9 Å². The van der Waals surface area contributed by atoms with E-state index in [1.54, 1.807) is 13.4 Å². The van der Waals surface area contributed by atoms with Crippen molar-refractivity contribution in [1.82, 2.24) is 25.4 Å². The largest absolute Gasteiger partial charge is 0.356 e. The van der Waals surface area contributed by atoms with Gasteiger partial charge in [-0.1, -0.05) is 13.8 Å². The summed E-state index contributed by atoms with van der Waals surface area (Å²) >= 11 is 0. The number of hydrogen-bond acceptors (Lipinski definition) is 3. The van der Waals surface area contributed by atoms with Gasteiger partial charge in [-0.15, -0.1) is 34.2 Å². The maximum absolute atomic E-state index is 4.15. The van der Waals surface area contributed by atoms with Crippen molar-refractivity contribution in [2.45, 2.75) is 33.9 Å². The first-order valence-electron chi connectivity index (χ1n) is 5.98.